The second-order valence-corrected chi connectivity index (χ2v) is 10.9. The van der Waals surface area contributed by atoms with Crippen LogP contribution in [0, 0.1) is 5.82 Å². The predicted molar refractivity (Wildman–Crippen MR) is 152 cm³/mol. The van der Waals surface area contributed by atoms with Crippen molar-refractivity contribution in [2.24, 2.45) is 7.05 Å². The van der Waals surface area contributed by atoms with Gasteiger partial charge in [-0.3, -0.25) is 9.88 Å². The molecule has 1 spiro atoms. The monoisotopic (exact) mass is 543 g/mol. The highest BCUT2D eigenvalue weighted by Crippen LogP contribution is 2.50. The van der Waals surface area contributed by atoms with Crippen molar-refractivity contribution in [1.82, 2.24) is 19.4 Å². The van der Waals surface area contributed by atoms with Crippen LogP contribution in [-0.2, 0) is 19.0 Å². The molecule has 208 valence electrons. The summed E-state index contributed by atoms with van der Waals surface area (Å²) in [4.78, 5) is 21.5. The molecule has 2 N–H and O–H groups in total. The van der Waals surface area contributed by atoms with Crippen LogP contribution in [0.25, 0.3) is 10.9 Å². The van der Waals surface area contributed by atoms with Crippen molar-refractivity contribution in [2.75, 3.05) is 38.7 Å². The van der Waals surface area contributed by atoms with Gasteiger partial charge in [-0.15, -0.1) is 0 Å². The molecule has 6 rings (SSSR count). The zero-order valence-corrected chi connectivity index (χ0v) is 22.8. The first-order valence-corrected chi connectivity index (χ1v) is 13.6. The number of ether oxygens (including phenoxy) is 1. The lowest BCUT2D eigenvalue weighted by Crippen LogP contribution is -2.55. The summed E-state index contributed by atoms with van der Waals surface area (Å²) >= 11 is 0. The van der Waals surface area contributed by atoms with Crippen LogP contribution in [0.1, 0.15) is 35.7 Å². The molecule has 2 aliphatic rings. The van der Waals surface area contributed by atoms with Crippen molar-refractivity contribution in [1.29, 1.82) is 0 Å². The molecule has 4 aromatic rings. The van der Waals surface area contributed by atoms with E-state index in [1.54, 1.807) is 31.6 Å². The van der Waals surface area contributed by atoms with E-state index in [1.807, 2.05) is 23.1 Å². The minimum atomic E-state index is -0.384. The van der Waals surface area contributed by atoms with E-state index in [0.717, 1.165) is 47.3 Å². The van der Waals surface area contributed by atoms with Gasteiger partial charge in [-0.25, -0.2) is 9.18 Å². The number of aliphatic hydroxyl groups excluding tert-OH is 1. The molecule has 8 nitrogen and oxygen atoms in total. The first-order valence-electron chi connectivity index (χ1n) is 13.6. The third-order valence-corrected chi connectivity index (χ3v) is 8.64. The van der Waals surface area contributed by atoms with E-state index in [2.05, 4.69) is 38.9 Å². The van der Waals surface area contributed by atoms with Gasteiger partial charge in [0.1, 0.15) is 11.6 Å². The topological polar surface area (TPSA) is 82.9 Å². The number of aryl methyl sites for hydroxylation is 1. The van der Waals surface area contributed by atoms with Gasteiger partial charge in [-0.1, -0.05) is 6.07 Å². The number of nitrogens with zero attached hydrogens (tertiary/aromatic N) is 4. The molecule has 40 heavy (non-hydrogen) atoms. The lowest BCUT2D eigenvalue weighted by atomic mass is 9.68. The zero-order valence-electron chi connectivity index (χ0n) is 22.8. The number of urea groups is 1. The van der Waals surface area contributed by atoms with Crippen LogP contribution in [0.3, 0.4) is 0 Å². The number of pyridine rings is 1. The number of hydrogen-bond donors (Lipinski definition) is 2. The fraction of sp³-hybridized carbons (Fsp3) is 0.355. The number of benzene rings is 2. The Morgan fingerprint density at radius 1 is 1.15 bits per heavy atom. The van der Waals surface area contributed by atoms with Gasteiger partial charge in [0, 0.05) is 73.9 Å². The number of likely N-dealkylation sites (tertiary alicyclic amines) is 1. The largest absolute Gasteiger partial charge is 0.497 e. The van der Waals surface area contributed by atoms with Crippen molar-refractivity contribution in [3.63, 3.8) is 0 Å². The number of aromatic nitrogens is 2. The van der Waals surface area contributed by atoms with Crippen LogP contribution in [0.2, 0.25) is 0 Å². The molecule has 2 aromatic heterocycles. The smallest absolute Gasteiger partial charge is 0.321 e. The number of hydrogen-bond acceptors (Lipinski definition) is 5. The Morgan fingerprint density at radius 2 is 1.93 bits per heavy atom. The number of amides is 2. The van der Waals surface area contributed by atoms with E-state index in [-0.39, 0.29) is 29.9 Å². The van der Waals surface area contributed by atoms with Crippen molar-refractivity contribution >= 4 is 22.6 Å². The van der Waals surface area contributed by atoms with Gasteiger partial charge in [0.2, 0.25) is 0 Å². The Hall–Kier alpha value is -3.95. The highest BCUT2D eigenvalue weighted by molar-refractivity contribution is 5.90. The van der Waals surface area contributed by atoms with E-state index < -0.39 is 0 Å². The summed E-state index contributed by atoms with van der Waals surface area (Å²) in [7, 11) is 3.73. The number of anilines is 1. The average Bonchev–Trinajstić information content (AvgIpc) is 3.26. The Kier molecular flexibility index (Phi) is 6.93. The minimum absolute atomic E-state index is 0.00235. The number of halogens is 1. The van der Waals surface area contributed by atoms with Crippen molar-refractivity contribution < 1.29 is 19.0 Å². The average molecular weight is 544 g/mol. The van der Waals surface area contributed by atoms with E-state index >= 15 is 0 Å². The molecular weight excluding hydrogens is 509 g/mol. The first-order chi connectivity index (χ1) is 19.4. The zero-order chi connectivity index (χ0) is 27.9. The third kappa shape index (κ3) is 4.59. The summed E-state index contributed by atoms with van der Waals surface area (Å²) in [5.41, 5.74) is 4.82. The molecule has 0 saturated carbocycles. The second kappa shape index (κ2) is 10.6. The van der Waals surface area contributed by atoms with Gasteiger partial charge in [-0.05, 0) is 66.4 Å². The molecule has 9 heteroatoms. The van der Waals surface area contributed by atoms with Crippen LogP contribution >= 0.6 is 0 Å². The standard InChI is InChI=1S/C31H34FN5O3/c1-35-26-17-24(40-2)6-7-25(26)28-29(35)27(19-38)37(18-21-8-12-33-13-9-21)20-31(28)10-14-36(15-11-31)30(39)34-23-5-3-4-22(32)16-23/h3-9,12-13,16-17,27,38H,10-11,14-15,18-20H2,1-2H3,(H,34,39)/t27-/m0/s1. The maximum absolute atomic E-state index is 13.7. The van der Waals surface area contributed by atoms with Gasteiger partial charge in [0.25, 0.3) is 0 Å². The van der Waals surface area contributed by atoms with Crippen LogP contribution in [-0.4, -0.2) is 63.8 Å². The SMILES string of the molecule is COc1ccc2c3c(n(C)c2c1)[C@H](CO)N(Cc1ccncc1)CC31CCN(C(=O)Nc2cccc(F)c2)CC1. The molecule has 2 amide bonds. The summed E-state index contributed by atoms with van der Waals surface area (Å²) in [5.74, 6) is 0.406. The van der Waals surface area contributed by atoms with Crippen LogP contribution in [0.4, 0.5) is 14.9 Å². The molecule has 1 fully saturated rings. The van der Waals surface area contributed by atoms with Crippen LogP contribution in [0.15, 0.2) is 67.0 Å². The second-order valence-electron chi connectivity index (χ2n) is 10.9. The Balaban J connectivity index is 1.36. The lowest BCUT2D eigenvalue weighted by molar-refractivity contribution is 0.0476. The van der Waals surface area contributed by atoms with Crippen molar-refractivity contribution in [2.45, 2.75) is 30.8 Å². The van der Waals surface area contributed by atoms with Gasteiger partial charge in [0.15, 0.2) is 0 Å². The molecule has 0 radical (unpaired) electrons. The molecular formula is C31H34FN5O3. The number of rotatable bonds is 5. The molecule has 0 unspecified atom stereocenters. The number of piperidine rings is 1. The van der Waals surface area contributed by atoms with Crippen LogP contribution < -0.4 is 10.1 Å². The molecule has 2 aliphatic heterocycles. The lowest BCUT2D eigenvalue weighted by Gasteiger charge is -2.50. The van der Waals surface area contributed by atoms with Crippen molar-refractivity contribution in [3.8, 4) is 5.75 Å². The fourth-order valence-corrected chi connectivity index (χ4v) is 6.67. The summed E-state index contributed by atoms with van der Waals surface area (Å²) in [5, 5.41) is 14.7. The summed E-state index contributed by atoms with van der Waals surface area (Å²) in [6.07, 6.45) is 5.14. The number of fused-ring (bicyclic) bond motifs is 4. The van der Waals surface area contributed by atoms with Crippen LogP contribution in [0.5, 0.6) is 5.75 Å². The summed E-state index contributed by atoms with van der Waals surface area (Å²) in [6, 6.07) is 15.8. The molecule has 1 atom stereocenters. The predicted octanol–water partition coefficient (Wildman–Crippen LogP) is 4.84. The van der Waals surface area contributed by atoms with Gasteiger partial charge in [0.05, 0.1) is 25.3 Å². The first kappa shape index (κ1) is 26.3. The normalized spacial score (nSPS) is 18.6. The maximum Gasteiger partial charge on any atom is 0.321 e. The number of nitrogens with one attached hydrogen (secondary N) is 1. The number of carbonyl (C=O) groups is 1. The molecule has 1 saturated heterocycles. The highest BCUT2D eigenvalue weighted by atomic mass is 19.1. The number of methoxy groups -OCH3 is 1. The molecule has 0 bridgehead atoms. The number of aliphatic hydroxyl groups is 1. The van der Waals surface area contributed by atoms with E-state index in [4.69, 9.17) is 4.74 Å². The Labute approximate surface area is 233 Å². The van der Waals surface area contributed by atoms with Gasteiger partial charge in [-0.2, -0.15) is 0 Å². The quantitative estimate of drug-likeness (QED) is 0.377. The number of carbonyl (C=O) groups excluding carboxylic acids is 1. The third-order valence-electron chi connectivity index (χ3n) is 8.64. The highest BCUT2D eigenvalue weighted by Gasteiger charge is 2.48. The fourth-order valence-electron chi connectivity index (χ4n) is 6.67. The molecule has 2 aromatic carbocycles. The van der Waals surface area contributed by atoms with E-state index in [0.29, 0.717) is 25.3 Å². The summed E-state index contributed by atoms with van der Waals surface area (Å²) in [6.45, 7) is 2.58. The summed E-state index contributed by atoms with van der Waals surface area (Å²) < 4.78 is 21.4. The van der Waals surface area contributed by atoms with Gasteiger partial charge < -0.3 is 24.6 Å². The maximum atomic E-state index is 13.7. The van der Waals surface area contributed by atoms with Crippen molar-refractivity contribution in [3.05, 3.63) is 89.6 Å². The minimum Gasteiger partial charge on any atom is -0.497 e. The Bertz CT molecular complexity index is 1530. The van der Waals surface area contributed by atoms with E-state index in [1.165, 1.54) is 17.7 Å². The van der Waals surface area contributed by atoms with Gasteiger partial charge >= 0.3 is 6.03 Å². The Morgan fingerprint density at radius 3 is 2.62 bits per heavy atom. The van der Waals surface area contributed by atoms with E-state index in [9.17, 15) is 14.3 Å². The molecule has 0 aliphatic carbocycles. The molecule has 4 heterocycles.